The first kappa shape index (κ1) is 25.2. The number of amides is 2. The van der Waals surface area contributed by atoms with E-state index in [-0.39, 0.29) is 25.4 Å². The van der Waals surface area contributed by atoms with Crippen molar-refractivity contribution in [1.29, 1.82) is 0 Å². The lowest BCUT2D eigenvalue weighted by Gasteiger charge is -2.23. The van der Waals surface area contributed by atoms with E-state index < -0.39 is 24.5 Å². The number of carbonyl (C=O) groups excluding carboxylic acids is 4. The Morgan fingerprint density at radius 2 is 1.31 bits per heavy atom. The van der Waals surface area contributed by atoms with Gasteiger partial charge < -0.3 is 14.8 Å². The van der Waals surface area contributed by atoms with E-state index in [4.69, 9.17) is 9.47 Å². The first-order chi connectivity index (χ1) is 17.0. The van der Waals surface area contributed by atoms with Gasteiger partial charge in [0.25, 0.3) is 5.91 Å². The van der Waals surface area contributed by atoms with Crippen molar-refractivity contribution in [2.24, 2.45) is 0 Å². The second-order valence-corrected chi connectivity index (χ2v) is 7.41. The zero-order chi connectivity index (χ0) is 25.0. The third-order valence-corrected chi connectivity index (χ3v) is 4.87. The fourth-order valence-electron chi connectivity index (χ4n) is 3.23. The molecule has 8 nitrogen and oxygen atoms in total. The van der Waals surface area contributed by atoms with E-state index >= 15 is 0 Å². The average Bonchev–Trinajstić information content (AvgIpc) is 2.88. The zero-order valence-electron chi connectivity index (χ0n) is 19.3. The number of nitrogens with one attached hydrogen (secondary N) is 1. The number of benzene rings is 3. The molecule has 0 heterocycles. The van der Waals surface area contributed by atoms with Gasteiger partial charge >= 0.3 is 11.9 Å². The molecule has 0 spiro atoms. The molecule has 0 unspecified atom stereocenters. The van der Waals surface area contributed by atoms with E-state index in [2.05, 4.69) is 5.32 Å². The van der Waals surface area contributed by atoms with Crippen molar-refractivity contribution in [1.82, 2.24) is 0 Å². The Labute approximate surface area is 203 Å². The van der Waals surface area contributed by atoms with Crippen LogP contribution in [0.1, 0.15) is 30.1 Å². The third-order valence-electron chi connectivity index (χ3n) is 4.87. The molecular weight excluding hydrogens is 448 g/mol. The highest BCUT2D eigenvalue weighted by Gasteiger charge is 2.19. The van der Waals surface area contributed by atoms with Gasteiger partial charge in [-0.1, -0.05) is 36.4 Å². The minimum Gasteiger partial charge on any atom is -0.462 e. The van der Waals surface area contributed by atoms with E-state index in [1.807, 2.05) is 60.7 Å². The summed E-state index contributed by atoms with van der Waals surface area (Å²) in [6, 6.07) is 24.4. The van der Waals surface area contributed by atoms with Crippen LogP contribution in [0.25, 0.3) is 0 Å². The van der Waals surface area contributed by atoms with Crippen LogP contribution in [0, 0.1) is 0 Å². The third kappa shape index (κ3) is 7.53. The second-order valence-electron chi connectivity index (χ2n) is 7.41. The van der Waals surface area contributed by atoms with Crippen molar-refractivity contribution in [2.45, 2.75) is 19.8 Å². The summed E-state index contributed by atoms with van der Waals surface area (Å²) < 4.78 is 9.92. The number of rotatable bonds is 10. The fraction of sp³-hybridized carbons (Fsp3) is 0.185. The average molecular weight is 475 g/mol. The number of nitrogens with zero attached hydrogens (tertiary/aromatic N) is 1. The standard InChI is InChI=1S/C27H26N2O6/c1-2-34-27(33)20-13-15-21(16-14-20)28-24(30)19-35-26(32)18-17-25(31)29(22-9-5-3-6-10-22)23-11-7-4-8-12-23/h3-16H,2,17-19H2,1H3,(H,28,30). The van der Waals surface area contributed by atoms with E-state index in [1.165, 1.54) is 12.1 Å². The lowest BCUT2D eigenvalue weighted by molar-refractivity contribution is -0.148. The number of anilines is 3. The Morgan fingerprint density at radius 1 is 0.743 bits per heavy atom. The van der Waals surface area contributed by atoms with Gasteiger partial charge in [-0.15, -0.1) is 0 Å². The van der Waals surface area contributed by atoms with E-state index in [9.17, 15) is 19.2 Å². The van der Waals surface area contributed by atoms with Gasteiger partial charge in [0.15, 0.2) is 6.61 Å². The number of para-hydroxylation sites is 2. The van der Waals surface area contributed by atoms with Crippen LogP contribution in [0.2, 0.25) is 0 Å². The minimum absolute atomic E-state index is 0.0838. The largest absolute Gasteiger partial charge is 0.462 e. The molecule has 3 rings (SSSR count). The number of hydrogen-bond acceptors (Lipinski definition) is 6. The van der Waals surface area contributed by atoms with Gasteiger partial charge in [0.05, 0.1) is 18.6 Å². The molecule has 8 heteroatoms. The molecular formula is C27H26N2O6. The maximum absolute atomic E-state index is 13.0. The molecule has 180 valence electrons. The summed E-state index contributed by atoms with van der Waals surface area (Å²) in [5, 5.41) is 2.58. The van der Waals surface area contributed by atoms with Crippen LogP contribution in [0.5, 0.6) is 0 Å². The minimum atomic E-state index is -0.660. The maximum atomic E-state index is 13.0. The summed E-state index contributed by atoms with van der Waals surface area (Å²) >= 11 is 0. The quantitative estimate of drug-likeness (QED) is 0.435. The molecule has 3 aromatic rings. The van der Waals surface area contributed by atoms with Crippen LogP contribution in [0.15, 0.2) is 84.9 Å². The molecule has 0 radical (unpaired) electrons. The topological polar surface area (TPSA) is 102 Å². The van der Waals surface area contributed by atoms with Crippen molar-refractivity contribution in [3.63, 3.8) is 0 Å². The van der Waals surface area contributed by atoms with Crippen molar-refractivity contribution >= 4 is 40.8 Å². The van der Waals surface area contributed by atoms with Crippen LogP contribution < -0.4 is 10.2 Å². The Morgan fingerprint density at radius 3 is 1.86 bits per heavy atom. The predicted molar refractivity (Wildman–Crippen MR) is 131 cm³/mol. The van der Waals surface area contributed by atoms with E-state index in [1.54, 1.807) is 24.0 Å². The van der Waals surface area contributed by atoms with Gasteiger partial charge in [0.1, 0.15) is 0 Å². The van der Waals surface area contributed by atoms with Gasteiger partial charge in [0.2, 0.25) is 5.91 Å². The fourth-order valence-corrected chi connectivity index (χ4v) is 3.23. The van der Waals surface area contributed by atoms with Crippen molar-refractivity contribution in [3.8, 4) is 0 Å². The van der Waals surface area contributed by atoms with Crippen LogP contribution in [0.4, 0.5) is 17.1 Å². The molecule has 0 saturated carbocycles. The Hall–Kier alpha value is -4.46. The summed E-state index contributed by atoms with van der Waals surface area (Å²) in [5.41, 5.74) is 2.17. The first-order valence-corrected chi connectivity index (χ1v) is 11.1. The number of esters is 2. The Balaban J connectivity index is 1.49. The first-order valence-electron chi connectivity index (χ1n) is 11.1. The molecule has 0 fully saturated rings. The summed E-state index contributed by atoms with van der Waals surface area (Å²) in [5.74, 6) is -1.92. The van der Waals surface area contributed by atoms with Gasteiger partial charge in [-0.05, 0) is 55.5 Å². The highest BCUT2D eigenvalue weighted by molar-refractivity contribution is 6.01. The Bertz CT molecular complexity index is 1110. The van der Waals surface area contributed by atoms with Crippen molar-refractivity contribution in [2.75, 3.05) is 23.4 Å². The lowest BCUT2D eigenvalue weighted by atomic mass is 10.2. The summed E-state index contributed by atoms with van der Waals surface area (Å²) in [6.45, 7) is 1.49. The second kappa shape index (κ2) is 12.7. The Kier molecular flexibility index (Phi) is 9.13. The molecule has 3 aromatic carbocycles. The zero-order valence-corrected chi connectivity index (χ0v) is 19.3. The monoisotopic (exact) mass is 474 g/mol. The molecule has 0 aromatic heterocycles. The van der Waals surface area contributed by atoms with E-state index in [0.29, 0.717) is 22.6 Å². The van der Waals surface area contributed by atoms with Crippen molar-refractivity contribution in [3.05, 3.63) is 90.5 Å². The summed E-state index contributed by atoms with van der Waals surface area (Å²) in [4.78, 5) is 50.4. The highest BCUT2D eigenvalue weighted by atomic mass is 16.5. The van der Waals surface area contributed by atoms with Crippen LogP contribution >= 0.6 is 0 Å². The van der Waals surface area contributed by atoms with Gasteiger partial charge in [0, 0.05) is 23.5 Å². The molecule has 35 heavy (non-hydrogen) atoms. The molecule has 0 bridgehead atoms. The van der Waals surface area contributed by atoms with Gasteiger partial charge in [-0.25, -0.2) is 4.79 Å². The number of ether oxygens (including phenoxy) is 2. The normalized spacial score (nSPS) is 10.2. The van der Waals surface area contributed by atoms with Gasteiger partial charge in [-0.3, -0.25) is 19.3 Å². The molecule has 0 aliphatic heterocycles. The molecule has 0 atom stereocenters. The van der Waals surface area contributed by atoms with Crippen LogP contribution in [-0.4, -0.2) is 37.0 Å². The molecule has 0 aliphatic rings. The molecule has 2 amide bonds. The lowest BCUT2D eigenvalue weighted by Crippen LogP contribution is -2.27. The predicted octanol–water partition coefficient (Wildman–Crippen LogP) is 4.49. The SMILES string of the molecule is CCOC(=O)c1ccc(NC(=O)COC(=O)CCC(=O)N(c2ccccc2)c2ccccc2)cc1. The number of carbonyl (C=O) groups is 4. The van der Waals surface area contributed by atoms with E-state index in [0.717, 1.165) is 0 Å². The van der Waals surface area contributed by atoms with Crippen LogP contribution in [0.3, 0.4) is 0 Å². The smallest absolute Gasteiger partial charge is 0.338 e. The van der Waals surface area contributed by atoms with Crippen molar-refractivity contribution < 1.29 is 28.7 Å². The van der Waals surface area contributed by atoms with Crippen LogP contribution in [-0.2, 0) is 23.9 Å². The summed E-state index contributed by atoms with van der Waals surface area (Å²) in [7, 11) is 0. The number of hydrogen-bond donors (Lipinski definition) is 1. The molecule has 0 saturated heterocycles. The molecule has 0 aliphatic carbocycles. The van der Waals surface area contributed by atoms with Gasteiger partial charge in [-0.2, -0.15) is 0 Å². The summed E-state index contributed by atoms with van der Waals surface area (Å²) in [6.07, 6.45) is -0.254. The highest BCUT2D eigenvalue weighted by Crippen LogP contribution is 2.26. The maximum Gasteiger partial charge on any atom is 0.338 e. The molecule has 1 N–H and O–H groups in total.